The summed E-state index contributed by atoms with van der Waals surface area (Å²) in [7, 11) is 0. The van der Waals surface area contributed by atoms with Crippen LogP contribution < -0.4 is 16.4 Å². The highest BCUT2D eigenvalue weighted by Crippen LogP contribution is 2.28. The predicted octanol–water partition coefficient (Wildman–Crippen LogP) is 2.08. The van der Waals surface area contributed by atoms with Crippen molar-refractivity contribution in [1.82, 2.24) is 10.2 Å². The van der Waals surface area contributed by atoms with E-state index in [1.54, 1.807) is 4.90 Å². The molecule has 0 bridgehead atoms. The van der Waals surface area contributed by atoms with E-state index in [9.17, 15) is 14.4 Å². The van der Waals surface area contributed by atoms with Gasteiger partial charge in [-0.3, -0.25) is 19.7 Å². The Morgan fingerprint density at radius 2 is 2.03 bits per heavy atom. The first kappa shape index (κ1) is 19.1. The molecule has 150 valence electrons. The minimum atomic E-state index is -0.588. The number of rotatable bonds is 5. The van der Waals surface area contributed by atoms with E-state index in [0.29, 0.717) is 25.1 Å². The number of nitrogens with zero attached hydrogens (tertiary/aromatic N) is 1. The fraction of sp³-hybridized carbons (Fsp3) is 0.318. The Bertz CT molecular complexity index is 986. The molecule has 2 aromatic carbocycles. The van der Waals surface area contributed by atoms with Gasteiger partial charge in [-0.1, -0.05) is 24.3 Å². The number of piperidine rings is 1. The van der Waals surface area contributed by atoms with E-state index in [2.05, 4.69) is 10.6 Å². The minimum Gasteiger partial charge on any atom is -0.381 e. The summed E-state index contributed by atoms with van der Waals surface area (Å²) in [5.74, 6) is -0.825. The second-order valence-electron chi connectivity index (χ2n) is 7.66. The Kier molecular flexibility index (Phi) is 5.07. The standard InChI is InChI=1S/C22H24N4O3/c1-13(23)15-3-2-4-17(10-15)24-11-14-5-6-18-16(9-14)12-26(22(18)29)19-7-8-20(27)25-21(19)28/h2-6,9-10,13,19,24H,7-8,11-12,23H2,1H3,(H,25,27,28)/t13-,19?/m0/s1. The summed E-state index contributed by atoms with van der Waals surface area (Å²) in [6, 6.07) is 13.1. The van der Waals surface area contributed by atoms with Crippen LogP contribution in [0.2, 0.25) is 0 Å². The molecule has 0 spiro atoms. The van der Waals surface area contributed by atoms with Crippen LogP contribution in [0, 0.1) is 0 Å². The number of carbonyl (C=O) groups excluding carboxylic acids is 3. The van der Waals surface area contributed by atoms with Gasteiger partial charge in [-0.05, 0) is 48.2 Å². The molecule has 0 radical (unpaired) electrons. The Morgan fingerprint density at radius 1 is 1.21 bits per heavy atom. The number of nitrogens with two attached hydrogens (primary N) is 1. The minimum absolute atomic E-state index is 0.0268. The molecular weight excluding hydrogens is 368 g/mol. The molecule has 3 amide bonds. The molecule has 2 heterocycles. The van der Waals surface area contributed by atoms with Crippen LogP contribution in [0.4, 0.5) is 5.69 Å². The Morgan fingerprint density at radius 3 is 2.79 bits per heavy atom. The van der Waals surface area contributed by atoms with Crippen LogP contribution in [0.15, 0.2) is 42.5 Å². The lowest BCUT2D eigenvalue weighted by Crippen LogP contribution is -2.52. The van der Waals surface area contributed by atoms with Gasteiger partial charge in [-0.25, -0.2) is 0 Å². The quantitative estimate of drug-likeness (QED) is 0.676. The lowest BCUT2D eigenvalue weighted by Gasteiger charge is -2.29. The van der Waals surface area contributed by atoms with Gasteiger partial charge in [-0.2, -0.15) is 0 Å². The van der Waals surface area contributed by atoms with Gasteiger partial charge in [0.1, 0.15) is 6.04 Å². The average molecular weight is 392 g/mol. The fourth-order valence-corrected chi connectivity index (χ4v) is 3.87. The summed E-state index contributed by atoms with van der Waals surface area (Å²) in [6.45, 7) is 2.95. The summed E-state index contributed by atoms with van der Waals surface area (Å²) in [6.07, 6.45) is 0.626. The van der Waals surface area contributed by atoms with Crippen molar-refractivity contribution in [1.29, 1.82) is 0 Å². The first-order valence-electron chi connectivity index (χ1n) is 9.78. The number of imide groups is 1. The Hall–Kier alpha value is -3.19. The molecular formula is C22H24N4O3. The molecule has 4 N–H and O–H groups in total. The number of anilines is 1. The summed E-state index contributed by atoms with van der Waals surface area (Å²) in [5.41, 5.74) is 10.6. The zero-order chi connectivity index (χ0) is 20.5. The molecule has 1 unspecified atom stereocenters. The van der Waals surface area contributed by atoms with Gasteiger partial charge in [0.25, 0.3) is 5.91 Å². The monoisotopic (exact) mass is 392 g/mol. The van der Waals surface area contributed by atoms with Gasteiger partial charge in [0.05, 0.1) is 0 Å². The van der Waals surface area contributed by atoms with Crippen molar-refractivity contribution in [3.05, 3.63) is 64.7 Å². The van der Waals surface area contributed by atoms with Crippen LogP contribution >= 0.6 is 0 Å². The van der Waals surface area contributed by atoms with E-state index in [4.69, 9.17) is 5.73 Å². The zero-order valence-corrected chi connectivity index (χ0v) is 16.3. The molecule has 2 aliphatic rings. The number of nitrogens with one attached hydrogen (secondary N) is 2. The third kappa shape index (κ3) is 3.86. The largest absolute Gasteiger partial charge is 0.381 e. The van der Waals surface area contributed by atoms with E-state index in [1.807, 2.05) is 49.4 Å². The van der Waals surface area contributed by atoms with E-state index in [0.717, 1.165) is 22.4 Å². The number of amides is 3. The average Bonchev–Trinajstić information content (AvgIpc) is 3.02. The van der Waals surface area contributed by atoms with Crippen LogP contribution in [0.3, 0.4) is 0 Å². The molecule has 4 rings (SSSR count). The van der Waals surface area contributed by atoms with Gasteiger partial charge in [0.15, 0.2) is 0 Å². The van der Waals surface area contributed by atoms with Gasteiger partial charge < -0.3 is 16.0 Å². The normalized spacial score (nSPS) is 19.7. The number of hydrogen-bond donors (Lipinski definition) is 3. The van der Waals surface area contributed by atoms with Gasteiger partial charge in [0, 0.05) is 36.8 Å². The van der Waals surface area contributed by atoms with Crippen LogP contribution in [0.25, 0.3) is 0 Å². The molecule has 2 aromatic rings. The fourth-order valence-electron chi connectivity index (χ4n) is 3.87. The van der Waals surface area contributed by atoms with Crippen LogP contribution in [-0.2, 0) is 22.7 Å². The molecule has 29 heavy (non-hydrogen) atoms. The van der Waals surface area contributed by atoms with Crippen molar-refractivity contribution in [2.24, 2.45) is 5.73 Å². The predicted molar refractivity (Wildman–Crippen MR) is 109 cm³/mol. The Labute approximate surface area is 169 Å². The first-order chi connectivity index (χ1) is 13.9. The summed E-state index contributed by atoms with van der Waals surface area (Å²) >= 11 is 0. The second kappa shape index (κ2) is 7.67. The summed E-state index contributed by atoms with van der Waals surface area (Å²) < 4.78 is 0. The van der Waals surface area contributed by atoms with Crippen LogP contribution in [0.5, 0.6) is 0 Å². The number of hydrogen-bond acceptors (Lipinski definition) is 5. The highest BCUT2D eigenvalue weighted by Gasteiger charge is 2.38. The number of fused-ring (bicyclic) bond motifs is 1. The number of carbonyl (C=O) groups is 3. The third-order valence-electron chi connectivity index (χ3n) is 5.50. The van der Waals surface area contributed by atoms with Crippen molar-refractivity contribution in [3.63, 3.8) is 0 Å². The molecule has 7 nitrogen and oxygen atoms in total. The third-order valence-corrected chi connectivity index (χ3v) is 5.50. The molecule has 1 saturated heterocycles. The van der Waals surface area contributed by atoms with Gasteiger partial charge >= 0.3 is 0 Å². The molecule has 2 atom stereocenters. The first-order valence-corrected chi connectivity index (χ1v) is 9.78. The molecule has 2 aliphatic heterocycles. The summed E-state index contributed by atoms with van der Waals surface area (Å²) in [4.78, 5) is 37.8. The molecule has 0 aromatic heterocycles. The van der Waals surface area contributed by atoms with Crippen molar-refractivity contribution < 1.29 is 14.4 Å². The van der Waals surface area contributed by atoms with E-state index < -0.39 is 11.9 Å². The summed E-state index contributed by atoms with van der Waals surface area (Å²) in [5, 5.41) is 5.71. The van der Waals surface area contributed by atoms with Gasteiger partial charge in [-0.15, -0.1) is 0 Å². The van der Waals surface area contributed by atoms with Crippen LogP contribution in [0.1, 0.15) is 52.9 Å². The van der Waals surface area contributed by atoms with Crippen molar-refractivity contribution in [3.8, 4) is 0 Å². The highest BCUT2D eigenvalue weighted by atomic mass is 16.2. The molecule has 0 aliphatic carbocycles. The number of benzene rings is 2. The molecule has 1 fully saturated rings. The van der Waals surface area contributed by atoms with Crippen molar-refractivity contribution >= 4 is 23.4 Å². The maximum Gasteiger partial charge on any atom is 0.255 e. The van der Waals surface area contributed by atoms with E-state index in [-0.39, 0.29) is 24.3 Å². The zero-order valence-electron chi connectivity index (χ0n) is 16.3. The van der Waals surface area contributed by atoms with E-state index in [1.165, 1.54) is 0 Å². The highest BCUT2D eigenvalue weighted by molar-refractivity contribution is 6.05. The topological polar surface area (TPSA) is 105 Å². The second-order valence-corrected chi connectivity index (χ2v) is 7.66. The smallest absolute Gasteiger partial charge is 0.255 e. The molecule has 0 saturated carbocycles. The van der Waals surface area contributed by atoms with Crippen LogP contribution in [-0.4, -0.2) is 28.7 Å². The van der Waals surface area contributed by atoms with Gasteiger partial charge in [0.2, 0.25) is 11.8 Å². The van der Waals surface area contributed by atoms with E-state index >= 15 is 0 Å². The maximum atomic E-state index is 12.7. The lowest BCUT2D eigenvalue weighted by atomic mass is 10.0. The Balaban J connectivity index is 1.45. The van der Waals surface area contributed by atoms with Crippen molar-refractivity contribution in [2.75, 3.05) is 5.32 Å². The maximum absolute atomic E-state index is 12.7. The lowest BCUT2D eigenvalue weighted by molar-refractivity contribution is -0.136. The van der Waals surface area contributed by atoms with Crippen molar-refractivity contribution in [2.45, 2.75) is 44.9 Å². The SMILES string of the molecule is C[C@H](N)c1cccc(NCc2ccc3c(c2)CN(C2CCC(=O)NC2=O)C3=O)c1. The molecule has 7 heteroatoms.